The van der Waals surface area contributed by atoms with Crippen LogP contribution in [0.15, 0.2) is 6.07 Å². The first-order chi connectivity index (χ1) is 9.63. The number of ether oxygens (including phenoxy) is 1. The van der Waals surface area contributed by atoms with Crippen LogP contribution in [0.1, 0.15) is 44.1 Å². The van der Waals surface area contributed by atoms with E-state index in [2.05, 4.69) is 21.8 Å². The average Bonchev–Trinajstić information content (AvgIpc) is 2.47. The third-order valence-electron chi connectivity index (χ3n) is 3.79. The van der Waals surface area contributed by atoms with Gasteiger partial charge in [-0.1, -0.05) is 6.92 Å². The number of carbonyl (C=O) groups is 1. The molecular weight excluding hydrogens is 254 g/mol. The van der Waals surface area contributed by atoms with E-state index in [1.807, 2.05) is 13.0 Å². The van der Waals surface area contributed by atoms with E-state index in [1.54, 1.807) is 0 Å². The molecule has 2 heterocycles. The van der Waals surface area contributed by atoms with Gasteiger partial charge in [-0.15, -0.1) is 0 Å². The highest BCUT2D eigenvalue weighted by Crippen LogP contribution is 2.26. The molecule has 20 heavy (non-hydrogen) atoms. The second-order valence-corrected chi connectivity index (χ2v) is 5.24. The Morgan fingerprint density at radius 1 is 1.45 bits per heavy atom. The molecule has 1 aromatic rings. The first kappa shape index (κ1) is 14.8. The van der Waals surface area contributed by atoms with Crippen LogP contribution in [-0.4, -0.2) is 35.6 Å². The topological polar surface area (TPSA) is 55.3 Å². The number of aryl methyl sites for hydroxylation is 2. The van der Waals surface area contributed by atoms with Gasteiger partial charge in [-0.25, -0.2) is 9.97 Å². The Hall–Kier alpha value is -1.65. The number of nitrogens with zero attached hydrogens (tertiary/aromatic N) is 3. The second-order valence-electron chi connectivity index (χ2n) is 5.24. The fourth-order valence-corrected chi connectivity index (χ4v) is 2.73. The number of methoxy groups -OCH3 is 1. The van der Waals surface area contributed by atoms with Gasteiger partial charge in [0.15, 0.2) is 0 Å². The summed E-state index contributed by atoms with van der Waals surface area (Å²) in [5.41, 5.74) is 1.05. The van der Waals surface area contributed by atoms with Gasteiger partial charge in [-0.05, 0) is 32.6 Å². The molecule has 0 spiro atoms. The molecule has 0 amide bonds. The summed E-state index contributed by atoms with van der Waals surface area (Å²) in [4.78, 5) is 22.8. The number of piperidine rings is 1. The first-order valence-corrected chi connectivity index (χ1v) is 7.32. The minimum absolute atomic E-state index is 0.150. The number of anilines is 1. The highest BCUT2D eigenvalue weighted by molar-refractivity contribution is 5.70. The zero-order valence-electron chi connectivity index (χ0n) is 12.6. The lowest BCUT2D eigenvalue weighted by Gasteiger charge is -2.36. The minimum atomic E-state index is -0.150. The third-order valence-corrected chi connectivity index (χ3v) is 3.79. The SMILES string of the molecule is CCc1cc(N2CCCCC2CC(=O)OC)nc(C)n1. The van der Waals surface area contributed by atoms with Gasteiger partial charge < -0.3 is 9.64 Å². The Balaban J connectivity index is 2.22. The van der Waals surface area contributed by atoms with E-state index in [0.717, 1.165) is 49.6 Å². The van der Waals surface area contributed by atoms with Gasteiger partial charge in [0.05, 0.1) is 13.5 Å². The van der Waals surface area contributed by atoms with Crippen LogP contribution in [0.2, 0.25) is 0 Å². The lowest BCUT2D eigenvalue weighted by Crippen LogP contribution is -2.41. The number of hydrogen-bond acceptors (Lipinski definition) is 5. The maximum atomic E-state index is 11.6. The number of rotatable bonds is 4. The number of hydrogen-bond donors (Lipinski definition) is 0. The van der Waals surface area contributed by atoms with E-state index in [9.17, 15) is 4.79 Å². The van der Waals surface area contributed by atoms with Crippen LogP contribution in [0.5, 0.6) is 0 Å². The van der Waals surface area contributed by atoms with Crippen molar-refractivity contribution in [1.29, 1.82) is 0 Å². The Morgan fingerprint density at radius 2 is 2.25 bits per heavy atom. The molecule has 0 saturated carbocycles. The summed E-state index contributed by atoms with van der Waals surface area (Å²) in [6, 6.07) is 2.23. The summed E-state index contributed by atoms with van der Waals surface area (Å²) in [7, 11) is 1.44. The summed E-state index contributed by atoms with van der Waals surface area (Å²) in [5.74, 6) is 1.59. The third kappa shape index (κ3) is 3.46. The zero-order chi connectivity index (χ0) is 14.5. The summed E-state index contributed by atoms with van der Waals surface area (Å²) in [6.07, 6.45) is 4.64. The summed E-state index contributed by atoms with van der Waals surface area (Å²) in [5, 5.41) is 0. The molecule has 110 valence electrons. The number of esters is 1. The maximum absolute atomic E-state index is 11.6. The average molecular weight is 277 g/mol. The highest BCUT2D eigenvalue weighted by atomic mass is 16.5. The van der Waals surface area contributed by atoms with Gasteiger partial charge in [-0.2, -0.15) is 0 Å². The van der Waals surface area contributed by atoms with Gasteiger partial charge in [0.2, 0.25) is 0 Å². The molecular formula is C15H23N3O2. The van der Waals surface area contributed by atoms with Crippen LogP contribution in [0.4, 0.5) is 5.82 Å². The van der Waals surface area contributed by atoms with Crippen LogP contribution in [0, 0.1) is 6.92 Å². The molecule has 1 atom stereocenters. The lowest BCUT2D eigenvalue weighted by molar-refractivity contribution is -0.141. The van der Waals surface area contributed by atoms with E-state index < -0.39 is 0 Å². The molecule has 2 rings (SSSR count). The van der Waals surface area contributed by atoms with Gasteiger partial charge >= 0.3 is 5.97 Å². The van der Waals surface area contributed by atoms with Crippen LogP contribution in [-0.2, 0) is 16.0 Å². The molecule has 1 aliphatic rings. The van der Waals surface area contributed by atoms with Crippen LogP contribution in [0.25, 0.3) is 0 Å². The van der Waals surface area contributed by atoms with Crippen molar-refractivity contribution in [3.05, 3.63) is 17.6 Å². The van der Waals surface area contributed by atoms with E-state index >= 15 is 0 Å². The molecule has 0 aliphatic carbocycles. The normalized spacial score (nSPS) is 18.9. The van der Waals surface area contributed by atoms with Crippen LogP contribution in [0.3, 0.4) is 0 Å². The van der Waals surface area contributed by atoms with E-state index in [-0.39, 0.29) is 12.0 Å². The predicted molar refractivity (Wildman–Crippen MR) is 77.8 cm³/mol. The lowest BCUT2D eigenvalue weighted by atomic mass is 9.99. The number of aromatic nitrogens is 2. The molecule has 1 aliphatic heterocycles. The standard InChI is InChI=1S/C15H23N3O2/c1-4-12-9-14(17-11(2)16-12)18-8-6-5-7-13(18)10-15(19)20-3/h9,13H,4-8,10H2,1-3H3. The molecule has 0 N–H and O–H groups in total. The zero-order valence-corrected chi connectivity index (χ0v) is 12.6. The van der Waals surface area contributed by atoms with Crippen molar-refractivity contribution in [3.63, 3.8) is 0 Å². The van der Waals surface area contributed by atoms with Crippen molar-refractivity contribution in [2.75, 3.05) is 18.6 Å². The molecule has 5 nitrogen and oxygen atoms in total. The molecule has 1 saturated heterocycles. The molecule has 1 aromatic heterocycles. The van der Waals surface area contributed by atoms with Crippen LogP contribution < -0.4 is 4.90 Å². The minimum Gasteiger partial charge on any atom is -0.469 e. The molecule has 1 fully saturated rings. The first-order valence-electron chi connectivity index (χ1n) is 7.32. The summed E-state index contributed by atoms with van der Waals surface area (Å²) < 4.78 is 4.81. The van der Waals surface area contributed by atoms with Crippen molar-refractivity contribution < 1.29 is 9.53 Å². The monoisotopic (exact) mass is 277 g/mol. The van der Waals surface area contributed by atoms with Crippen molar-refractivity contribution in [1.82, 2.24) is 9.97 Å². The fraction of sp³-hybridized carbons (Fsp3) is 0.667. The van der Waals surface area contributed by atoms with Crippen molar-refractivity contribution in [2.24, 2.45) is 0 Å². The van der Waals surface area contributed by atoms with Crippen molar-refractivity contribution in [2.45, 2.75) is 52.0 Å². The van der Waals surface area contributed by atoms with Crippen molar-refractivity contribution >= 4 is 11.8 Å². The smallest absolute Gasteiger partial charge is 0.307 e. The fourth-order valence-electron chi connectivity index (χ4n) is 2.73. The Bertz CT molecular complexity index is 476. The maximum Gasteiger partial charge on any atom is 0.307 e. The molecule has 5 heteroatoms. The summed E-state index contributed by atoms with van der Waals surface area (Å²) >= 11 is 0. The predicted octanol–water partition coefficient (Wildman–Crippen LogP) is 2.27. The second kappa shape index (κ2) is 6.68. The van der Waals surface area contributed by atoms with Gasteiger partial charge in [-0.3, -0.25) is 4.79 Å². The summed E-state index contributed by atoms with van der Waals surface area (Å²) in [6.45, 7) is 4.96. The Morgan fingerprint density at radius 3 is 2.95 bits per heavy atom. The van der Waals surface area contributed by atoms with Crippen molar-refractivity contribution in [3.8, 4) is 0 Å². The Labute approximate surface area is 120 Å². The number of carbonyl (C=O) groups excluding carboxylic acids is 1. The molecule has 0 aromatic carbocycles. The molecule has 0 radical (unpaired) electrons. The van der Waals surface area contributed by atoms with E-state index in [4.69, 9.17) is 4.74 Å². The highest BCUT2D eigenvalue weighted by Gasteiger charge is 2.26. The van der Waals surface area contributed by atoms with E-state index in [1.165, 1.54) is 7.11 Å². The van der Waals surface area contributed by atoms with Crippen LogP contribution >= 0.6 is 0 Å². The van der Waals surface area contributed by atoms with Gasteiger partial charge in [0.1, 0.15) is 11.6 Å². The molecule has 0 bridgehead atoms. The Kier molecular flexibility index (Phi) is 4.93. The van der Waals surface area contributed by atoms with Gasteiger partial charge in [0.25, 0.3) is 0 Å². The van der Waals surface area contributed by atoms with E-state index in [0.29, 0.717) is 6.42 Å². The quantitative estimate of drug-likeness (QED) is 0.790. The largest absolute Gasteiger partial charge is 0.469 e. The van der Waals surface area contributed by atoms with Gasteiger partial charge in [0, 0.05) is 24.3 Å². The molecule has 1 unspecified atom stereocenters.